The van der Waals surface area contributed by atoms with Crippen LogP contribution in [0, 0.1) is 0 Å². The molecule has 0 saturated carbocycles. The number of hydrogen-bond acceptors (Lipinski definition) is 16. The second kappa shape index (κ2) is 15.7. The van der Waals surface area contributed by atoms with Crippen LogP contribution in [-0.2, 0) is 37.9 Å². The highest BCUT2D eigenvalue weighted by molar-refractivity contribution is 4.97. The molecule has 3 aliphatic rings. The van der Waals surface area contributed by atoms with Gasteiger partial charge in [-0.25, -0.2) is 0 Å². The van der Waals surface area contributed by atoms with Gasteiger partial charge in [-0.3, -0.25) is 0 Å². The van der Waals surface area contributed by atoms with Gasteiger partial charge >= 0.3 is 0 Å². The van der Waals surface area contributed by atoms with E-state index in [9.17, 15) is 40.9 Å². The van der Waals surface area contributed by atoms with Gasteiger partial charge in [-0.1, -0.05) is 0 Å². The lowest BCUT2D eigenvalue weighted by molar-refractivity contribution is -0.380. The van der Waals surface area contributed by atoms with Gasteiger partial charge in [-0.15, -0.1) is 0 Å². The molecule has 0 spiro atoms. The third-order valence-electron chi connectivity index (χ3n) is 7.07. The maximum atomic E-state index is 11.0. The predicted molar refractivity (Wildman–Crippen MR) is 129 cm³/mol. The molecule has 8 N–H and O–H groups in total. The van der Waals surface area contributed by atoms with Gasteiger partial charge in [0.15, 0.2) is 18.9 Å². The topological polar surface area (TPSA) is 236 Å². The van der Waals surface area contributed by atoms with Crippen molar-refractivity contribution in [2.45, 2.75) is 113 Å². The summed E-state index contributed by atoms with van der Waals surface area (Å²) >= 11 is 0. The fraction of sp³-hybridized carbons (Fsp3) is 1.00. The second-order valence-electron chi connectivity index (χ2n) is 9.67. The zero-order valence-corrected chi connectivity index (χ0v) is 22.7. The Balaban J connectivity index is 1.79. The van der Waals surface area contributed by atoms with Gasteiger partial charge in [0.25, 0.3) is 0 Å². The molecule has 0 aliphatic carbocycles. The first-order valence-corrected chi connectivity index (χ1v) is 13.5. The molecule has 0 unspecified atom stereocenters. The molecule has 15 atom stereocenters. The summed E-state index contributed by atoms with van der Waals surface area (Å²) in [6.45, 7) is 4.55. The monoisotopic (exact) mass is 588 g/mol. The molecule has 40 heavy (non-hydrogen) atoms. The van der Waals surface area contributed by atoms with E-state index in [0.717, 1.165) is 0 Å². The zero-order valence-electron chi connectivity index (χ0n) is 22.7. The average Bonchev–Trinajstić information content (AvgIpc) is 2.94. The summed E-state index contributed by atoms with van der Waals surface area (Å²) < 4.78 is 45.4. The van der Waals surface area contributed by atoms with Gasteiger partial charge in [0.1, 0.15) is 73.2 Å². The van der Waals surface area contributed by atoms with E-state index in [4.69, 9.17) is 37.9 Å². The van der Waals surface area contributed by atoms with E-state index in [1.165, 1.54) is 0 Å². The Hall–Kier alpha value is -0.640. The lowest BCUT2D eigenvalue weighted by Gasteiger charge is -2.49. The Morgan fingerprint density at radius 2 is 1.07 bits per heavy atom. The van der Waals surface area contributed by atoms with Crippen molar-refractivity contribution in [2.75, 3.05) is 39.6 Å². The number of rotatable bonds is 13. The molecule has 3 heterocycles. The van der Waals surface area contributed by atoms with Crippen molar-refractivity contribution in [3.8, 4) is 0 Å². The van der Waals surface area contributed by atoms with Crippen molar-refractivity contribution in [1.82, 2.24) is 0 Å². The molecular weight excluding hydrogens is 544 g/mol. The zero-order chi connectivity index (χ0) is 29.6. The minimum atomic E-state index is -1.79. The van der Waals surface area contributed by atoms with Crippen LogP contribution in [0.25, 0.3) is 0 Å². The van der Waals surface area contributed by atoms with Crippen LogP contribution in [0.5, 0.6) is 0 Å². The normalized spacial score (nSPS) is 46.4. The van der Waals surface area contributed by atoms with Gasteiger partial charge in [0.2, 0.25) is 0 Å². The lowest BCUT2D eigenvalue weighted by Crippen LogP contribution is -2.67. The predicted octanol–water partition coefficient (Wildman–Crippen LogP) is -4.44. The molecule has 0 aromatic heterocycles. The third kappa shape index (κ3) is 7.46. The summed E-state index contributed by atoms with van der Waals surface area (Å²) in [6.07, 6.45) is -21.2. The molecule has 16 nitrogen and oxygen atoms in total. The Labute approximate surface area is 231 Å². The molecule has 3 saturated heterocycles. The maximum absolute atomic E-state index is 11.0. The quantitative estimate of drug-likeness (QED) is 0.101. The molecule has 0 aromatic carbocycles. The van der Waals surface area contributed by atoms with Crippen LogP contribution < -0.4 is 0 Å². The van der Waals surface area contributed by atoms with Crippen molar-refractivity contribution >= 4 is 0 Å². The first-order valence-electron chi connectivity index (χ1n) is 13.5. The third-order valence-corrected chi connectivity index (χ3v) is 7.07. The van der Waals surface area contributed by atoms with Crippen LogP contribution in [0.1, 0.15) is 20.8 Å². The van der Waals surface area contributed by atoms with Gasteiger partial charge in [-0.05, 0) is 20.8 Å². The lowest BCUT2D eigenvalue weighted by atomic mass is 9.96. The smallest absolute Gasteiger partial charge is 0.187 e. The van der Waals surface area contributed by atoms with E-state index in [0.29, 0.717) is 6.61 Å². The Morgan fingerprint density at radius 1 is 0.525 bits per heavy atom. The van der Waals surface area contributed by atoms with Gasteiger partial charge in [0.05, 0.1) is 19.8 Å². The maximum Gasteiger partial charge on any atom is 0.187 e. The molecule has 236 valence electrons. The SMILES string of the molecule is CCOC[C@H]1O[C@@H](O)[C@H](OCC)[C@@H](OCC)[C@@H]1O[C@H]1O[C@H](CO)[C@@H](O[C@@H]2O[C@H](CO)[C@@H](O)[C@H](O)[C@H]2O)[C@H](O)[C@H]1O. The molecule has 0 radical (unpaired) electrons. The second-order valence-corrected chi connectivity index (χ2v) is 9.67. The van der Waals surface area contributed by atoms with E-state index >= 15 is 0 Å². The first kappa shape index (κ1) is 33.9. The first-order chi connectivity index (χ1) is 19.1. The average molecular weight is 589 g/mol. The molecule has 3 rings (SSSR count). The standard InChI is InChI=1S/C24H44O16/c1-4-33-9-12-19(20(34-5-2)21(35-6-3)22(32)36-12)40-24-17(31)15(29)18(11(8-26)38-24)39-23-16(30)14(28)13(27)10(7-25)37-23/h10-32H,4-9H2,1-3H3/t10-,11-,12-,13-,14+,15-,16-,17-,18-,19-,20+,21-,22-,23+,24-/m1/s1. The Morgan fingerprint density at radius 3 is 1.65 bits per heavy atom. The number of aliphatic hydroxyl groups is 8. The van der Waals surface area contributed by atoms with Crippen LogP contribution in [0.3, 0.4) is 0 Å². The Kier molecular flexibility index (Phi) is 13.3. The number of hydrogen-bond donors (Lipinski definition) is 8. The summed E-state index contributed by atoms with van der Waals surface area (Å²) in [5.74, 6) is 0. The molecule has 3 fully saturated rings. The highest BCUT2D eigenvalue weighted by Gasteiger charge is 2.54. The minimum Gasteiger partial charge on any atom is -0.394 e. The van der Waals surface area contributed by atoms with Crippen molar-refractivity contribution in [3.05, 3.63) is 0 Å². The van der Waals surface area contributed by atoms with Gasteiger partial charge in [-0.2, -0.15) is 0 Å². The van der Waals surface area contributed by atoms with E-state index in [1.54, 1.807) is 20.8 Å². The van der Waals surface area contributed by atoms with Gasteiger partial charge in [0, 0.05) is 19.8 Å². The number of ether oxygens (including phenoxy) is 8. The fourth-order valence-corrected chi connectivity index (χ4v) is 5.00. The molecular formula is C24H44O16. The highest BCUT2D eigenvalue weighted by atomic mass is 16.8. The van der Waals surface area contributed by atoms with Crippen LogP contribution in [0.2, 0.25) is 0 Å². The molecule has 0 amide bonds. The van der Waals surface area contributed by atoms with Crippen molar-refractivity contribution in [2.24, 2.45) is 0 Å². The van der Waals surface area contributed by atoms with Crippen molar-refractivity contribution < 1.29 is 78.7 Å². The summed E-state index contributed by atoms with van der Waals surface area (Å²) in [4.78, 5) is 0. The summed E-state index contributed by atoms with van der Waals surface area (Å²) in [5, 5.41) is 82.3. The fourth-order valence-electron chi connectivity index (χ4n) is 5.00. The largest absolute Gasteiger partial charge is 0.394 e. The molecule has 0 bridgehead atoms. The number of aliphatic hydroxyl groups excluding tert-OH is 8. The van der Waals surface area contributed by atoms with Crippen LogP contribution in [0.15, 0.2) is 0 Å². The molecule has 0 aromatic rings. The van der Waals surface area contributed by atoms with Crippen molar-refractivity contribution in [3.63, 3.8) is 0 Å². The Bertz CT molecular complexity index is 729. The summed E-state index contributed by atoms with van der Waals surface area (Å²) in [6, 6.07) is 0. The minimum absolute atomic E-state index is 0.0156. The van der Waals surface area contributed by atoms with Crippen LogP contribution in [-0.4, -0.2) is 173 Å². The summed E-state index contributed by atoms with van der Waals surface area (Å²) in [5.41, 5.74) is 0. The van der Waals surface area contributed by atoms with Crippen molar-refractivity contribution in [1.29, 1.82) is 0 Å². The van der Waals surface area contributed by atoms with Crippen LogP contribution >= 0.6 is 0 Å². The molecule has 16 heteroatoms. The van der Waals surface area contributed by atoms with Crippen LogP contribution in [0.4, 0.5) is 0 Å². The van der Waals surface area contributed by atoms with E-state index in [1.807, 2.05) is 0 Å². The van der Waals surface area contributed by atoms with Gasteiger partial charge < -0.3 is 78.7 Å². The molecule has 3 aliphatic heterocycles. The van der Waals surface area contributed by atoms with E-state index in [2.05, 4.69) is 0 Å². The van der Waals surface area contributed by atoms with E-state index in [-0.39, 0.29) is 19.8 Å². The highest BCUT2D eigenvalue weighted by Crippen LogP contribution is 2.33. The van der Waals surface area contributed by atoms with E-state index < -0.39 is 105 Å². The summed E-state index contributed by atoms with van der Waals surface area (Å²) in [7, 11) is 0.